The lowest BCUT2D eigenvalue weighted by Gasteiger charge is -2.44. The fourth-order valence-corrected chi connectivity index (χ4v) is 6.70. The van der Waals surface area contributed by atoms with E-state index in [2.05, 4.69) is 39.0 Å². The maximum Gasteiger partial charge on any atom is 0.251 e. The van der Waals surface area contributed by atoms with Crippen LogP contribution in [-0.2, 0) is 13.1 Å². The molecular weight excluding hydrogens is 563 g/mol. The number of carbonyl (C=O) groups excluding carboxylic acids is 1. The number of aromatic nitrogens is 1. The minimum atomic E-state index is -0.149. The number of hydrogen-bond donors (Lipinski definition) is 3. The Bertz CT molecular complexity index is 1670. The van der Waals surface area contributed by atoms with E-state index in [0.29, 0.717) is 23.1 Å². The molecule has 0 radical (unpaired) electrons. The molecule has 2 bridgehead atoms. The number of nitrogens with one attached hydrogen (secondary N) is 3. The molecule has 214 valence electrons. The molecule has 4 aromatic rings. The van der Waals surface area contributed by atoms with Crippen LogP contribution in [0.25, 0.3) is 0 Å². The van der Waals surface area contributed by atoms with Crippen molar-refractivity contribution in [2.75, 3.05) is 34.9 Å². The van der Waals surface area contributed by atoms with Gasteiger partial charge in [-0.2, -0.15) is 0 Å². The van der Waals surface area contributed by atoms with Crippen LogP contribution in [0.15, 0.2) is 101 Å². The second kappa shape index (κ2) is 12.4. The first-order valence-electron chi connectivity index (χ1n) is 14.1. The number of piperidine rings is 1. The van der Waals surface area contributed by atoms with E-state index in [1.165, 1.54) is 0 Å². The molecular formula is C33H33N5O2S2. The SMILES string of the molecule is CSc1cccc(NC(=S)Nc2cc(C(=O)NCc3ccccc3)ccc2N2CC3CC(C2)c2cccc(=O)n2C3)c1. The van der Waals surface area contributed by atoms with E-state index in [0.717, 1.165) is 59.3 Å². The number of pyridine rings is 1. The third kappa shape index (κ3) is 6.22. The molecule has 6 rings (SSSR count). The van der Waals surface area contributed by atoms with E-state index in [-0.39, 0.29) is 17.4 Å². The molecule has 9 heteroatoms. The summed E-state index contributed by atoms with van der Waals surface area (Å²) >= 11 is 7.41. The van der Waals surface area contributed by atoms with Crippen molar-refractivity contribution in [2.24, 2.45) is 5.92 Å². The van der Waals surface area contributed by atoms with Crippen LogP contribution in [0.3, 0.4) is 0 Å². The molecule has 0 saturated carbocycles. The Hall–Kier alpha value is -4.08. The molecule has 2 aliphatic heterocycles. The predicted octanol–water partition coefficient (Wildman–Crippen LogP) is 5.93. The van der Waals surface area contributed by atoms with Crippen LogP contribution in [0, 0.1) is 5.92 Å². The van der Waals surface area contributed by atoms with E-state index < -0.39 is 0 Å². The van der Waals surface area contributed by atoms with Gasteiger partial charge in [-0.3, -0.25) is 9.59 Å². The lowest BCUT2D eigenvalue weighted by Crippen LogP contribution is -2.47. The van der Waals surface area contributed by atoms with Gasteiger partial charge < -0.3 is 25.4 Å². The van der Waals surface area contributed by atoms with Crippen LogP contribution >= 0.6 is 24.0 Å². The highest BCUT2D eigenvalue weighted by Crippen LogP contribution is 2.39. The Morgan fingerprint density at radius 1 is 0.929 bits per heavy atom. The molecule has 1 aromatic heterocycles. The monoisotopic (exact) mass is 595 g/mol. The van der Waals surface area contributed by atoms with Crippen LogP contribution in [0.5, 0.6) is 0 Å². The van der Waals surface area contributed by atoms with Crippen molar-refractivity contribution in [3.8, 4) is 0 Å². The van der Waals surface area contributed by atoms with Crippen molar-refractivity contribution in [3.05, 3.63) is 118 Å². The summed E-state index contributed by atoms with van der Waals surface area (Å²) in [5.74, 6) is 0.466. The Labute approximate surface area is 255 Å². The van der Waals surface area contributed by atoms with Gasteiger partial charge in [0, 0.05) is 60.0 Å². The predicted molar refractivity (Wildman–Crippen MR) is 176 cm³/mol. The first kappa shape index (κ1) is 28.1. The van der Waals surface area contributed by atoms with E-state index in [1.807, 2.05) is 77.6 Å². The average molecular weight is 596 g/mol. The number of carbonyl (C=O) groups is 1. The minimum absolute atomic E-state index is 0.0749. The topological polar surface area (TPSA) is 78.4 Å². The van der Waals surface area contributed by atoms with E-state index >= 15 is 0 Å². The van der Waals surface area contributed by atoms with Gasteiger partial charge in [-0.25, -0.2) is 0 Å². The zero-order valence-corrected chi connectivity index (χ0v) is 25.0. The van der Waals surface area contributed by atoms with Crippen molar-refractivity contribution < 1.29 is 4.79 Å². The highest BCUT2D eigenvalue weighted by atomic mass is 32.2. The maximum absolute atomic E-state index is 13.2. The van der Waals surface area contributed by atoms with Crippen LogP contribution in [0.4, 0.5) is 17.1 Å². The molecule has 7 nitrogen and oxygen atoms in total. The van der Waals surface area contributed by atoms with Gasteiger partial charge in [-0.1, -0.05) is 42.5 Å². The number of hydrogen-bond acceptors (Lipinski definition) is 5. The fraction of sp³-hybridized carbons (Fsp3) is 0.242. The number of thiocarbonyl (C=S) groups is 1. The van der Waals surface area contributed by atoms with Crippen molar-refractivity contribution in [3.63, 3.8) is 0 Å². The Morgan fingerprint density at radius 3 is 2.60 bits per heavy atom. The summed E-state index contributed by atoms with van der Waals surface area (Å²) < 4.78 is 1.94. The summed E-state index contributed by atoms with van der Waals surface area (Å²) in [6.45, 7) is 2.77. The zero-order chi connectivity index (χ0) is 29.1. The largest absolute Gasteiger partial charge is 0.369 e. The molecule has 1 saturated heterocycles. The number of thioether (sulfide) groups is 1. The highest BCUT2D eigenvalue weighted by Gasteiger charge is 2.35. The zero-order valence-electron chi connectivity index (χ0n) is 23.4. The minimum Gasteiger partial charge on any atom is -0.369 e. The first-order valence-corrected chi connectivity index (χ1v) is 15.7. The summed E-state index contributed by atoms with van der Waals surface area (Å²) in [6.07, 6.45) is 3.10. The second-order valence-electron chi connectivity index (χ2n) is 10.8. The number of benzene rings is 3. The van der Waals surface area contributed by atoms with Gasteiger partial charge in [0.1, 0.15) is 0 Å². The van der Waals surface area contributed by atoms with Crippen molar-refractivity contribution >= 4 is 52.1 Å². The molecule has 3 N–H and O–H groups in total. The summed E-state index contributed by atoms with van der Waals surface area (Å²) in [5.41, 5.74) is 5.42. The average Bonchev–Trinajstić information content (AvgIpc) is 3.01. The lowest BCUT2D eigenvalue weighted by molar-refractivity contribution is 0.0951. The van der Waals surface area contributed by atoms with Gasteiger partial charge in [0.05, 0.1) is 11.4 Å². The van der Waals surface area contributed by atoms with Crippen LogP contribution in [0.1, 0.15) is 34.0 Å². The van der Waals surface area contributed by atoms with E-state index in [9.17, 15) is 9.59 Å². The summed E-state index contributed by atoms with van der Waals surface area (Å²) in [4.78, 5) is 29.2. The molecule has 0 aliphatic carbocycles. The number of fused-ring (bicyclic) bond motifs is 4. The molecule has 0 spiro atoms. The molecule has 3 heterocycles. The number of anilines is 3. The van der Waals surface area contributed by atoms with E-state index in [4.69, 9.17) is 12.2 Å². The van der Waals surface area contributed by atoms with Crippen LogP contribution < -0.4 is 26.4 Å². The van der Waals surface area contributed by atoms with Gasteiger partial charge in [0.25, 0.3) is 11.5 Å². The second-order valence-corrected chi connectivity index (χ2v) is 12.1. The number of amides is 1. The third-order valence-corrected chi connectivity index (χ3v) is 8.88. The standard InChI is InChI=1S/C33H33N5O2S2/c1-42-27-10-5-9-26(17-27)35-33(41)36-28-16-24(32(40)34-18-22-7-3-2-4-8-22)13-14-30(28)37-19-23-15-25(21-37)29-11-6-12-31(39)38(29)20-23/h2-14,16-17,23,25H,15,18-21H2,1H3,(H,34,40)(H2,35,36,41). The normalized spacial score (nSPS) is 17.2. The molecule has 42 heavy (non-hydrogen) atoms. The van der Waals surface area contributed by atoms with Gasteiger partial charge in [0.2, 0.25) is 0 Å². The molecule has 2 aliphatic rings. The maximum atomic E-state index is 13.2. The van der Waals surface area contributed by atoms with Gasteiger partial charge in [-0.05, 0) is 78.8 Å². The van der Waals surface area contributed by atoms with Crippen molar-refractivity contribution in [2.45, 2.75) is 30.3 Å². The molecule has 1 amide bonds. The quantitative estimate of drug-likeness (QED) is 0.181. The van der Waals surface area contributed by atoms with Crippen LogP contribution in [-0.4, -0.2) is 34.9 Å². The fourth-order valence-electron chi connectivity index (χ4n) is 6.01. The summed E-state index contributed by atoms with van der Waals surface area (Å²) in [5, 5.41) is 10.2. The molecule has 1 fully saturated rings. The Kier molecular flexibility index (Phi) is 8.30. The van der Waals surface area contributed by atoms with Crippen molar-refractivity contribution in [1.82, 2.24) is 9.88 Å². The van der Waals surface area contributed by atoms with Gasteiger partial charge >= 0.3 is 0 Å². The van der Waals surface area contributed by atoms with Crippen LogP contribution in [0.2, 0.25) is 0 Å². The Morgan fingerprint density at radius 2 is 1.76 bits per heavy atom. The number of rotatable bonds is 7. The Balaban J connectivity index is 1.27. The lowest BCUT2D eigenvalue weighted by atomic mass is 9.83. The smallest absolute Gasteiger partial charge is 0.251 e. The first-order chi connectivity index (χ1) is 20.5. The highest BCUT2D eigenvalue weighted by molar-refractivity contribution is 7.98. The summed E-state index contributed by atoms with van der Waals surface area (Å²) in [7, 11) is 0. The molecule has 3 aromatic carbocycles. The summed E-state index contributed by atoms with van der Waals surface area (Å²) in [6, 6.07) is 29.3. The van der Waals surface area contributed by atoms with Gasteiger partial charge in [0.15, 0.2) is 5.11 Å². The molecule has 2 atom stereocenters. The van der Waals surface area contributed by atoms with Gasteiger partial charge in [-0.15, -0.1) is 11.8 Å². The number of nitrogens with zero attached hydrogens (tertiary/aromatic N) is 2. The molecule has 2 unspecified atom stereocenters. The third-order valence-electron chi connectivity index (χ3n) is 7.95. The van der Waals surface area contributed by atoms with E-state index in [1.54, 1.807) is 17.8 Å². The van der Waals surface area contributed by atoms with Crippen molar-refractivity contribution in [1.29, 1.82) is 0 Å².